The van der Waals surface area contributed by atoms with E-state index in [4.69, 9.17) is 21.3 Å². The van der Waals surface area contributed by atoms with Crippen molar-refractivity contribution in [3.05, 3.63) is 10.4 Å². The number of aromatic nitrogens is 2. The van der Waals surface area contributed by atoms with E-state index in [9.17, 15) is 24.7 Å². The van der Waals surface area contributed by atoms with E-state index in [0.717, 1.165) is 0 Å². The molecule has 1 aromatic heterocycles. The average Bonchev–Trinajstić information content (AvgIpc) is 2.44. The fourth-order valence-electron chi connectivity index (χ4n) is 1.49. The molecule has 3 atom stereocenters. The third kappa shape index (κ3) is 6.11. The van der Waals surface area contributed by atoms with Gasteiger partial charge in [0.05, 0.1) is 12.7 Å². The van der Waals surface area contributed by atoms with Gasteiger partial charge in [-0.15, -0.1) is 0 Å². The molecule has 23 heavy (non-hydrogen) atoms. The van der Waals surface area contributed by atoms with Gasteiger partial charge in [-0.2, -0.15) is 4.98 Å². The molecular weight excluding hydrogens is 337 g/mol. The molecule has 132 valence electrons. The van der Waals surface area contributed by atoms with Crippen LogP contribution in [0.2, 0.25) is 0 Å². The number of rotatable bonds is 8. The van der Waals surface area contributed by atoms with Gasteiger partial charge in [-0.25, -0.2) is 4.57 Å². The highest BCUT2D eigenvalue weighted by Gasteiger charge is 2.27. The number of aliphatic hydroxyl groups excluding tert-OH is 3. The quantitative estimate of drug-likeness (QED) is 0.207. The van der Waals surface area contributed by atoms with E-state index in [1.807, 2.05) is 0 Å². The van der Waals surface area contributed by atoms with E-state index in [-0.39, 0.29) is 17.5 Å². The largest absolute Gasteiger partial charge is 0.469 e. The molecule has 0 radical (unpaired) electrons. The summed E-state index contributed by atoms with van der Waals surface area (Å²) in [6.45, 7) is -1.30. The molecule has 1 heterocycles. The Kier molecular flexibility index (Phi) is 6.47. The van der Waals surface area contributed by atoms with E-state index < -0.39 is 44.8 Å². The molecule has 0 aromatic carbocycles. The van der Waals surface area contributed by atoms with E-state index in [0.29, 0.717) is 0 Å². The van der Waals surface area contributed by atoms with E-state index in [1.165, 1.54) is 0 Å². The Labute approximate surface area is 129 Å². The highest BCUT2D eigenvalue weighted by atomic mass is 31.2. The topological polar surface area (TPSA) is 237 Å². The number of anilines is 3. The van der Waals surface area contributed by atoms with Gasteiger partial charge in [0, 0.05) is 6.54 Å². The lowest BCUT2D eigenvalue weighted by molar-refractivity contribution is -0.0705. The predicted molar refractivity (Wildman–Crippen MR) is 78.2 cm³/mol. The van der Waals surface area contributed by atoms with Crippen LogP contribution in [0.1, 0.15) is 0 Å². The molecule has 0 saturated carbocycles. The molecular formula is C9H18N5O8P. The molecule has 0 aliphatic carbocycles. The molecule has 0 amide bonds. The first-order valence-corrected chi connectivity index (χ1v) is 7.67. The first-order valence-electron chi connectivity index (χ1n) is 6.14. The van der Waals surface area contributed by atoms with Crippen molar-refractivity contribution in [2.24, 2.45) is 0 Å². The molecule has 1 aromatic rings. The maximum absolute atomic E-state index is 11.3. The van der Waals surface area contributed by atoms with Crippen LogP contribution in [0.15, 0.2) is 4.79 Å². The Hall–Kier alpha value is -1.73. The lowest BCUT2D eigenvalue weighted by Gasteiger charge is -2.23. The second-order valence-corrected chi connectivity index (χ2v) is 5.75. The van der Waals surface area contributed by atoms with Gasteiger partial charge >= 0.3 is 7.82 Å². The number of hydrogen-bond acceptors (Lipinski definition) is 10. The number of hydrogen-bond donors (Lipinski definition) is 9. The summed E-state index contributed by atoms with van der Waals surface area (Å²) in [5, 5.41) is 31.2. The Balaban J connectivity index is 2.61. The molecule has 0 aliphatic heterocycles. The zero-order chi connectivity index (χ0) is 17.8. The normalized spacial score (nSPS) is 15.9. The van der Waals surface area contributed by atoms with Gasteiger partial charge in [-0.3, -0.25) is 14.3 Å². The Morgan fingerprint density at radius 1 is 1.26 bits per heavy atom. The van der Waals surface area contributed by atoms with Gasteiger partial charge in [0.25, 0.3) is 5.56 Å². The fraction of sp³-hybridized carbons (Fsp3) is 0.556. The minimum atomic E-state index is -4.82. The van der Waals surface area contributed by atoms with Crippen molar-refractivity contribution >= 4 is 25.3 Å². The molecule has 1 rings (SSSR count). The summed E-state index contributed by atoms with van der Waals surface area (Å²) in [6.07, 6.45) is -5.16. The standard InChI is InChI=1S/C9H18N5O8P/c10-5-7(13-9(11)14-8(5)18)12-1-3(15)6(17)4(16)2-22-23(19,20)21/h3-4,6,15-17H,1-2,10H2,(H2,19,20,21)(H4,11,12,13,14,18)/t3-,4+,6-/m0/s1. The van der Waals surface area contributed by atoms with Crippen LogP contribution >= 0.6 is 7.82 Å². The van der Waals surface area contributed by atoms with Crippen LogP contribution in [-0.4, -0.2) is 66.5 Å². The number of phosphoric acid groups is 1. The highest BCUT2D eigenvalue weighted by Crippen LogP contribution is 2.35. The smallest absolute Gasteiger partial charge is 0.391 e. The van der Waals surface area contributed by atoms with Crippen molar-refractivity contribution in [2.45, 2.75) is 18.3 Å². The molecule has 0 aliphatic rings. The Bertz CT molecular complexity index is 633. The Morgan fingerprint density at radius 2 is 1.87 bits per heavy atom. The van der Waals surface area contributed by atoms with Gasteiger partial charge in [-0.1, -0.05) is 0 Å². The summed E-state index contributed by atoms with van der Waals surface area (Å²) < 4.78 is 14.5. The second kappa shape index (κ2) is 7.70. The number of nitrogens with two attached hydrogens (primary N) is 2. The number of H-pyrrole nitrogens is 1. The number of nitrogen functional groups attached to an aromatic ring is 2. The fourth-order valence-corrected chi connectivity index (χ4v) is 1.83. The molecule has 0 unspecified atom stereocenters. The SMILES string of the molecule is Nc1nc(NC[C@H](O)[C@H](O)[C@H](O)COP(=O)(O)O)c(N)c(=O)[nH]1. The van der Waals surface area contributed by atoms with Crippen LogP contribution in [0, 0.1) is 0 Å². The van der Waals surface area contributed by atoms with Gasteiger partial charge in [-0.05, 0) is 0 Å². The van der Waals surface area contributed by atoms with E-state index in [2.05, 4.69) is 19.8 Å². The Morgan fingerprint density at radius 3 is 2.43 bits per heavy atom. The van der Waals surface area contributed by atoms with Crippen molar-refractivity contribution in [1.29, 1.82) is 0 Å². The van der Waals surface area contributed by atoms with Crippen molar-refractivity contribution < 1.29 is 34.2 Å². The van der Waals surface area contributed by atoms with Crippen LogP contribution in [0.25, 0.3) is 0 Å². The zero-order valence-electron chi connectivity index (χ0n) is 11.7. The van der Waals surface area contributed by atoms with Gasteiger partial charge in [0.1, 0.15) is 17.9 Å². The molecule has 13 nitrogen and oxygen atoms in total. The van der Waals surface area contributed by atoms with Crippen LogP contribution in [0.3, 0.4) is 0 Å². The third-order valence-electron chi connectivity index (χ3n) is 2.65. The van der Waals surface area contributed by atoms with Crippen molar-refractivity contribution in [1.82, 2.24) is 9.97 Å². The number of nitrogens with one attached hydrogen (secondary N) is 2. The molecule has 0 spiro atoms. The maximum atomic E-state index is 11.3. The summed E-state index contributed by atoms with van der Waals surface area (Å²) in [6, 6.07) is 0. The lowest BCUT2D eigenvalue weighted by Crippen LogP contribution is -2.43. The molecule has 14 heteroatoms. The summed E-state index contributed by atoms with van der Waals surface area (Å²) in [7, 11) is -4.82. The predicted octanol–water partition coefficient (Wildman–Crippen LogP) is -3.46. The summed E-state index contributed by atoms with van der Waals surface area (Å²) in [4.78, 5) is 34.1. The average molecular weight is 355 g/mol. The number of nitrogens with zero attached hydrogens (tertiary/aromatic N) is 1. The van der Waals surface area contributed by atoms with Crippen LogP contribution in [-0.2, 0) is 9.09 Å². The first kappa shape index (κ1) is 19.3. The minimum Gasteiger partial charge on any atom is -0.391 e. The summed E-state index contributed by atoms with van der Waals surface area (Å²) >= 11 is 0. The van der Waals surface area contributed by atoms with Crippen molar-refractivity contribution in [3.63, 3.8) is 0 Å². The maximum Gasteiger partial charge on any atom is 0.469 e. The highest BCUT2D eigenvalue weighted by molar-refractivity contribution is 7.46. The number of aliphatic hydroxyl groups is 3. The molecule has 11 N–H and O–H groups in total. The van der Waals surface area contributed by atoms with Crippen LogP contribution in [0.4, 0.5) is 17.5 Å². The van der Waals surface area contributed by atoms with Gasteiger partial charge in [0.2, 0.25) is 5.95 Å². The first-order chi connectivity index (χ1) is 10.5. The van der Waals surface area contributed by atoms with Crippen LogP contribution in [0.5, 0.6) is 0 Å². The number of aromatic amines is 1. The lowest BCUT2D eigenvalue weighted by atomic mass is 10.1. The third-order valence-corrected chi connectivity index (χ3v) is 3.14. The van der Waals surface area contributed by atoms with Gasteiger partial charge in [0.15, 0.2) is 5.82 Å². The molecule has 0 fully saturated rings. The van der Waals surface area contributed by atoms with Crippen molar-refractivity contribution in [2.75, 3.05) is 29.9 Å². The van der Waals surface area contributed by atoms with E-state index in [1.54, 1.807) is 0 Å². The van der Waals surface area contributed by atoms with Crippen LogP contribution < -0.4 is 22.3 Å². The minimum absolute atomic E-state index is 0.140. The summed E-state index contributed by atoms with van der Waals surface area (Å²) in [5.41, 5.74) is 9.76. The van der Waals surface area contributed by atoms with E-state index >= 15 is 0 Å². The second-order valence-electron chi connectivity index (χ2n) is 4.51. The van der Waals surface area contributed by atoms with Crippen molar-refractivity contribution in [3.8, 4) is 0 Å². The molecule has 0 bridgehead atoms. The number of phosphoric ester groups is 1. The summed E-state index contributed by atoms with van der Waals surface area (Å²) in [5.74, 6) is -0.365. The monoisotopic (exact) mass is 355 g/mol. The zero-order valence-corrected chi connectivity index (χ0v) is 12.6. The van der Waals surface area contributed by atoms with Gasteiger partial charge < -0.3 is 41.9 Å². The molecule has 0 saturated heterocycles.